The second-order valence-electron chi connectivity index (χ2n) is 5.61. The standard InChI is InChI=1S/C17H18N4O2S2/c1-10-4-6-13(7-5-10)19-16(22)11(2)25-17-21-20-15(23-17)8-14-9-24-12(3)18-14/h4-7,9,11H,8H2,1-3H3,(H,19,22)/t11-/m0/s1. The van der Waals surface area contributed by atoms with Gasteiger partial charge < -0.3 is 9.73 Å². The molecule has 2 heterocycles. The van der Waals surface area contributed by atoms with Gasteiger partial charge in [-0.1, -0.05) is 29.5 Å². The normalized spacial score (nSPS) is 12.1. The minimum Gasteiger partial charge on any atom is -0.416 e. The first-order valence-electron chi connectivity index (χ1n) is 7.77. The molecule has 25 heavy (non-hydrogen) atoms. The van der Waals surface area contributed by atoms with Crippen molar-refractivity contribution in [3.63, 3.8) is 0 Å². The summed E-state index contributed by atoms with van der Waals surface area (Å²) in [6.45, 7) is 5.77. The van der Waals surface area contributed by atoms with E-state index in [9.17, 15) is 4.79 Å². The minimum absolute atomic E-state index is 0.108. The van der Waals surface area contributed by atoms with Crippen LogP contribution in [0.1, 0.15) is 29.1 Å². The number of nitrogens with one attached hydrogen (secondary N) is 1. The van der Waals surface area contributed by atoms with Crippen molar-refractivity contribution in [2.75, 3.05) is 5.32 Å². The van der Waals surface area contributed by atoms with Crippen molar-refractivity contribution in [2.24, 2.45) is 0 Å². The van der Waals surface area contributed by atoms with E-state index in [2.05, 4.69) is 20.5 Å². The molecular formula is C17H18N4O2S2. The van der Waals surface area contributed by atoms with E-state index in [1.165, 1.54) is 11.8 Å². The van der Waals surface area contributed by atoms with Gasteiger partial charge in [-0.15, -0.1) is 21.5 Å². The summed E-state index contributed by atoms with van der Waals surface area (Å²) in [5.74, 6) is 0.391. The molecule has 2 aromatic heterocycles. The summed E-state index contributed by atoms with van der Waals surface area (Å²) in [5, 5.41) is 13.9. The van der Waals surface area contributed by atoms with E-state index in [1.807, 2.05) is 50.4 Å². The van der Waals surface area contributed by atoms with Crippen molar-refractivity contribution in [3.8, 4) is 0 Å². The van der Waals surface area contributed by atoms with Crippen molar-refractivity contribution in [2.45, 2.75) is 37.7 Å². The van der Waals surface area contributed by atoms with E-state index in [4.69, 9.17) is 4.42 Å². The Labute approximate surface area is 154 Å². The molecule has 0 radical (unpaired) electrons. The van der Waals surface area contributed by atoms with Crippen LogP contribution >= 0.6 is 23.1 Å². The zero-order chi connectivity index (χ0) is 17.8. The highest BCUT2D eigenvalue weighted by atomic mass is 32.2. The number of aromatic nitrogens is 3. The third-order valence-electron chi connectivity index (χ3n) is 3.41. The molecule has 1 aromatic carbocycles. The van der Waals surface area contributed by atoms with Crippen molar-refractivity contribution >= 4 is 34.7 Å². The molecule has 0 saturated heterocycles. The van der Waals surface area contributed by atoms with E-state index in [1.54, 1.807) is 11.3 Å². The van der Waals surface area contributed by atoms with Gasteiger partial charge in [0.15, 0.2) is 0 Å². The van der Waals surface area contributed by atoms with E-state index in [-0.39, 0.29) is 11.2 Å². The smallest absolute Gasteiger partial charge is 0.277 e. The number of rotatable bonds is 6. The highest BCUT2D eigenvalue weighted by molar-refractivity contribution is 8.00. The van der Waals surface area contributed by atoms with Crippen LogP contribution in [0, 0.1) is 13.8 Å². The molecule has 0 aliphatic heterocycles. The maximum Gasteiger partial charge on any atom is 0.277 e. The summed E-state index contributed by atoms with van der Waals surface area (Å²) in [6, 6.07) is 7.67. The number of thiazole rings is 1. The molecule has 0 spiro atoms. The van der Waals surface area contributed by atoms with Crippen LogP contribution in [0.25, 0.3) is 0 Å². The molecule has 6 nitrogen and oxygen atoms in total. The van der Waals surface area contributed by atoms with Crippen molar-refractivity contribution in [1.29, 1.82) is 0 Å². The van der Waals surface area contributed by atoms with Crippen LogP contribution in [0.15, 0.2) is 39.3 Å². The van der Waals surface area contributed by atoms with Crippen LogP contribution in [-0.2, 0) is 11.2 Å². The number of carbonyl (C=O) groups is 1. The lowest BCUT2D eigenvalue weighted by molar-refractivity contribution is -0.115. The summed E-state index contributed by atoms with van der Waals surface area (Å²) in [7, 11) is 0. The maximum atomic E-state index is 12.3. The third kappa shape index (κ3) is 4.90. The Bertz CT molecular complexity index is 858. The first-order valence-corrected chi connectivity index (χ1v) is 9.53. The lowest BCUT2D eigenvalue weighted by atomic mass is 10.2. The molecule has 1 amide bonds. The summed E-state index contributed by atoms with van der Waals surface area (Å²) >= 11 is 2.83. The molecule has 3 rings (SSSR count). The Morgan fingerprint density at radius 3 is 2.72 bits per heavy atom. The molecule has 130 valence electrons. The fourth-order valence-electron chi connectivity index (χ4n) is 2.09. The molecule has 0 bridgehead atoms. The Morgan fingerprint density at radius 1 is 1.28 bits per heavy atom. The molecular weight excluding hydrogens is 356 g/mol. The first kappa shape index (κ1) is 17.6. The Kier molecular flexibility index (Phi) is 5.50. The zero-order valence-corrected chi connectivity index (χ0v) is 15.8. The van der Waals surface area contributed by atoms with E-state index >= 15 is 0 Å². The summed E-state index contributed by atoms with van der Waals surface area (Å²) in [6.07, 6.45) is 0.502. The van der Waals surface area contributed by atoms with Gasteiger partial charge in [-0.3, -0.25) is 4.79 Å². The molecule has 8 heteroatoms. The van der Waals surface area contributed by atoms with Gasteiger partial charge >= 0.3 is 0 Å². The molecule has 3 aromatic rings. The fraction of sp³-hybridized carbons (Fsp3) is 0.294. The average Bonchev–Trinajstić information content (AvgIpc) is 3.19. The number of hydrogen-bond acceptors (Lipinski definition) is 7. The van der Waals surface area contributed by atoms with Crippen molar-refractivity contribution in [1.82, 2.24) is 15.2 Å². The summed E-state index contributed by atoms with van der Waals surface area (Å²) < 4.78 is 5.61. The lowest BCUT2D eigenvalue weighted by Crippen LogP contribution is -2.22. The third-order valence-corrected chi connectivity index (χ3v) is 5.17. The quantitative estimate of drug-likeness (QED) is 0.660. The summed E-state index contributed by atoms with van der Waals surface area (Å²) in [4.78, 5) is 16.6. The molecule has 0 aliphatic rings. The monoisotopic (exact) mass is 374 g/mol. The fourth-order valence-corrected chi connectivity index (χ4v) is 3.40. The van der Waals surface area contributed by atoms with Crippen LogP contribution in [0.5, 0.6) is 0 Å². The SMILES string of the molecule is Cc1ccc(NC(=O)[C@H](C)Sc2nnc(Cc3csc(C)n3)o2)cc1. The van der Waals surface area contributed by atoms with Gasteiger partial charge in [0.25, 0.3) is 5.22 Å². The molecule has 0 unspecified atom stereocenters. The molecule has 1 atom stereocenters. The van der Waals surface area contributed by atoms with Gasteiger partial charge in [-0.05, 0) is 32.9 Å². The Hall–Kier alpha value is -2.19. The van der Waals surface area contributed by atoms with Crippen LogP contribution in [0.4, 0.5) is 5.69 Å². The highest BCUT2D eigenvalue weighted by Gasteiger charge is 2.19. The minimum atomic E-state index is -0.351. The average molecular weight is 374 g/mol. The first-order chi connectivity index (χ1) is 12.0. The van der Waals surface area contributed by atoms with Crippen molar-refractivity contribution < 1.29 is 9.21 Å². The zero-order valence-electron chi connectivity index (χ0n) is 14.1. The van der Waals surface area contributed by atoms with Gasteiger partial charge in [0.05, 0.1) is 22.4 Å². The topological polar surface area (TPSA) is 80.9 Å². The Balaban J connectivity index is 1.56. The predicted octanol–water partition coefficient (Wildman–Crippen LogP) is 3.85. The van der Waals surface area contributed by atoms with Gasteiger partial charge in [0.2, 0.25) is 11.8 Å². The summed E-state index contributed by atoms with van der Waals surface area (Å²) in [5.41, 5.74) is 2.83. The molecule has 0 fully saturated rings. The maximum absolute atomic E-state index is 12.3. The highest BCUT2D eigenvalue weighted by Crippen LogP contribution is 2.24. The van der Waals surface area contributed by atoms with Crippen LogP contribution in [-0.4, -0.2) is 26.3 Å². The van der Waals surface area contributed by atoms with Gasteiger partial charge in [0, 0.05) is 11.1 Å². The van der Waals surface area contributed by atoms with Gasteiger partial charge in [0.1, 0.15) is 0 Å². The number of anilines is 1. The number of amides is 1. The second kappa shape index (κ2) is 7.79. The molecule has 0 saturated carbocycles. The van der Waals surface area contributed by atoms with E-state index < -0.39 is 0 Å². The van der Waals surface area contributed by atoms with Gasteiger partial charge in [-0.25, -0.2) is 4.98 Å². The lowest BCUT2D eigenvalue weighted by Gasteiger charge is -2.09. The van der Waals surface area contributed by atoms with E-state index in [0.29, 0.717) is 17.5 Å². The van der Waals surface area contributed by atoms with Crippen LogP contribution in [0.3, 0.4) is 0 Å². The van der Waals surface area contributed by atoms with Gasteiger partial charge in [-0.2, -0.15) is 0 Å². The number of hydrogen-bond donors (Lipinski definition) is 1. The number of nitrogens with zero attached hydrogens (tertiary/aromatic N) is 3. The second-order valence-corrected chi connectivity index (χ2v) is 7.97. The molecule has 1 N–H and O–H groups in total. The predicted molar refractivity (Wildman–Crippen MR) is 99.1 cm³/mol. The number of benzene rings is 1. The largest absolute Gasteiger partial charge is 0.416 e. The Morgan fingerprint density at radius 2 is 2.04 bits per heavy atom. The number of thioether (sulfide) groups is 1. The van der Waals surface area contributed by atoms with E-state index in [0.717, 1.165) is 22.0 Å². The number of aryl methyl sites for hydroxylation is 2. The van der Waals surface area contributed by atoms with Crippen molar-refractivity contribution in [3.05, 3.63) is 51.8 Å². The van der Waals surface area contributed by atoms with Crippen LogP contribution in [0.2, 0.25) is 0 Å². The molecule has 0 aliphatic carbocycles. The number of carbonyl (C=O) groups excluding carboxylic acids is 1. The van der Waals surface area contributed by atoms with Crippen LogP contribution < -0.4 is 5.32 Å².